The second-order valence-corrected chi connectivity index (χ2v) is 10.4. The molecule has 0 saturated heterocycles. The molecule has 39 heavy (non-hydrogen) atoms. The fourth-order valence-corrected chi connectivity index (χ4v) is 5.12. The van der Waals surface area contributed by atoms with Gasteiger partial charge >= 0.3 is 0 Å². The zero-order valence-electron chi connectivity index (χ0n) is 20.8. The van der Waals surface area contributed by atoms with Crippen LogP contribution in [0.2, 0.25) is 5.02 Å². The van der Waals surface area contributed by atoms with Crippen LogP contribution in [0, 0.1) is 0 Å². The molecule has 9 nitrogen and oxygen atoms in total. The minimum atomic E-state index is -0.818. The van der Waals surface area contributed by atoms with E-state index in [1.807, 2.05) is 6.07 Å². The molecule has 1 amide bonds. The summed E-state index contributed by atoms with van der Waals surface area (Å²) >= 11 is 9.67. The van der Waals surface area contributed by atoms with Crippen molar-refractivity contribution in [2.24, 2.45) is 0 Å². The third kappa shape index (κ3) is 5.86. The molecule has 0 bridgehead atoms. The Hall–Kier alpha value is -4.02. The van der Waals surface area contributed by atoms with Crippen LogP contribution in [-0.4, -0.2) is 54.1 Å². The fourth-order valence-electron chi connectivity index (χ4n) is 4.59. The Kier molecular flexibility index (Phi) is 7.76. The van der Waals surface area contributed by atoms with Gasteiger partial charge in [0, 0.05) is 63.5 Å². The lowest BCUT2D eigenvalue weighted by Gasteiger charge is -2.35. The summed E-state index contributed by atoms with van der Waals surface area (Å²) in [5, 5.41) is 11.8. The van der Waals surface area contributed by atoms with Gasteiger partial charge in [-0.25, -0.2) is 0 Å². The second-order valence-electron chi connectivity index (χ2n) is 9.06. The van der Waals surface area contributed by atoms with Crippen LogP contribution in [0.1, 0.15) is 45.7 Å². The van der Waals surface area contributed by atoms with Gasteiger partial charge < -0.3 is 4.90 Å². The normalized spacial score (nSPS) is 14.8. The number of nitrogens with zero attached hydrogens (tertiary/aromatic N) is 6. The molecule has 0 fully saturated rings. The number of fused-ring (bicyclic) bond motifs is 1. The van der Waals surface area contributed by atoms with Crippen molar-refractivity contribution in [2.75, 3.05) is 6.54 Å². The highest BCUT2D eigenvalue weighted by atomic mass is 79.9. The van der Waals surface area contributed by atoms with E-state index in [4.69, 9.17) is 11.6 Å². The molecule has 3 heterocycles. The van der Waals surface area contributed by atoms with Crippen molar-refractivity contribution in [3.05, 3.63) is 105 Å². The Morgan fingerprint density at radius 3 is 2.64 bits per heavy atom. The van der Waals surface area contributed by atoms with Crippen LogP contribution in [0.15, 0.2) is 71.6 Å². The van der Waals surface area contributed by atoms with Gasteiger partial charge in [0.15, 0.2) is 11.6 Å². The molecule has 0 N–H and O–H groups in total. The Bertz CT molecular complexity index is 1590. The summed E-state index contributed by atoms with van der Waals surface area (Å²) in [6.07, 6.45) is 6.83. The number of pyridine rings is 1. The second kappa shape index (κ2) is 11.4. The largest absolute Gasteiger partial charge is 0.325 e. The summed E-state index contributed by atoms with van der Waals surface area (Å²) in [7, 11) is 0. The van der Waals surface area contributed by atoms with Crippen molar-refractivity contribution < 1.29 is 14.4 Å². The number of aromatic nitrogens is 5. The highest BCUT2D eigenvalue weighted by molar-refractivity contribution is 9.10. The van der Waals surface area contributed by atoms with Gasteiger partial charge in [0.25, 0.3) is 0 Å². The molecule has 0 radical (unpaired) electrons. The average Bonchev–Trinajstić information content (AvgIpc) is 3.46. The minimum absolute atomic E-state index is 0.0449. The van der Waals surface area contributed by atoms with Gasteiger partial charge in [-0.3, -0.25) is 19.4 Å². The van der Waals surface area contributed by atoms with Gasteiger partial charge in [-0.2, -0.15) is 4.68 Å². The van der Waals surface area contributed by atoms with E-state index in [1.165, 1.54) is 24.0 Å². The number of carbonyl (C=O) groups excluding carboxylic acids is 3. The molecule has 1 atom stereocenters. The van der Waals surface area contributed by atoms with Gasteiger partial charge in [0.2, 0.25) is 5.91 Å². The molecule has 1 aliphatic heterocycles. The predicted molar refractivity (Wildman–Crippen MR) is 148 cm³/mol. The predicted octanol–water partition coefficient (Wildman–Crippen LogP) is 4.63. The first-order valence-electron chi connectivity index (χ1n) is 12.1. The number of Topliss-reactive ketones (excluding diaryl/α,β-unsaturated/α-hetero) is 2. The Balaban J connectivity index is 1.45. The summed E-state index contributed by atoms with van der Waals surface area (Å²) < 4.78 is 2.20. The first-order chi connectivity index (χ1) is 18.8. The van der Waals surface area contributed by atoms with Crippen LogP contribution in [-0.2, 0) is 22.4 Å². The standard InChI is InChI=1S/C28H22BrClN6O3/c1-17(37)19-4-2-18(3-5-19)12-26(38)28-23-14-21(29)15-31-24(23)10-11-35(28)27(39)9-6-20-13-22(30)7-8-25(20)36-16-32-33-34-36/h2-9,13-16,28H,10-12H2,1H3/b9-6+. The number of amides is 1. The van der Waals surface area contributed by atoms with Crippen LogP contribution in [0.5, 0.6) is 0 Å². The van der Waals surface area contributed by atoms with Crippen molar-refractivity contribution >= 4 is 51.1 Å². The molecule has 0 saturated carbocycles. The minimum Gasteiger partial charge on any atom is -0.325 e. The molecule has 4 aromatic rings. The number of rotatable bonds is 7. The Morgan fingerprint density at radius 1 is 1.13 bits per heavy atom. The van der Waals surface area contributed by atoms with Gasteiger partial charge in [0.05, 0.1) is 5.69 Å². The van der Waals surface area contributed by atoms with E-state index in [1.54, 1.807) is 59.6 Å². The van der Waals surface area contributed by atoms with Gasteiger partial charge in [-0.05, 0) is 69.2 Å². The number of hydrogen-bond donors (Lipinski definition) is 0. The topological polar surface area (TPSA) is 111 Å². The number of carbonyl (C=O) groups is 3. The number of benzene rings is 2. The van der Waals surface area contributed by atoms with Crippen LogP contribution in [0.3, 0.4) is 0 Å². The van der Waals surface area contributed by atoms with E-state index < -0.39 is 6.04 Å². The number of halogens is 2. The summed E-state index contributed by atoms with van der Waals surface area (Å²) in [5.74, 6) is -0.518. The lowest BCUT2D eigenvalue weighted by Crippen LogP contribution is -2.43. The van der Waals surface area contributed by atoms with Gasteiger partial charge in [-0.1, -0.05) is 35.9 Å². The highest BCUT2D eigenvalue weighted by Gasteiger charge is 2.35. The molecule has 0 spiro atoms. The fraction of sp³-hybridized carbons (Fsp3) is 0.179. The molecular weight excluding hydrogens is 584 g/mol. The first-order valence-corrected chi connectivity index (χ1v) is 13.3. The Morgan fingerprint density at radius 2 is 1.92 bits per heavy atom. The van der Waals surface area contributed by atoms with Crippen molar-refractivity contribution in [3.63, 3.8) is 0 Å². The molecule has 1 aliphatic rings. The zero-order valence-corrected chi connectivity index (χ0v) is 23.1. The monoisotopic (exact) mass is 604 g/mol. The van der Waals surface area contributed by atoms with E-state index in [9.17, 15) is 14.4 Å². The smallest absolute Gasteiger partial charge is 0.247 e. The van der Waals surface area contributed by atoms with Crippen LogP contribution in [0.4, 0.5) is 0 Å². The molecule has 5 rings (SSSR count). The number of hydrogen-bond acceptors (Lipinski definition) is 7. The van der Waals surface area contributed by atoms with Crippen molar-refractivity contribution in [1.82, 2.24) is 30.1 Å². The SMILES string of the molecule is CC(=O)c1ccc(CC(=O)C2c3cc(Br)cnc3CCN2C(=O)/C=C/c2cc(Cl)ccc2-n2cnnn2)cc1. The number of ketones is 2. The van der Waals surface area contributed by atoms with E-state index in [0.29, 0.717) is 40.4 Å². The van der Waals surface area contributed by atoms with Gasteiger partial charge in [0.1, 0.15) is 12.4 Å². The maximum Gasteiger partial charge on any atom is 0.247 e. The van der Waals surface area contributed by atoms with E-state index in [0.717, 1.165) is 15.7 Å². The summed E-state index contributed by atoms with van der Waals surface area (Å²) in [5.41, 5.74) is 4.09. The molecular formula is C28H22BrClN6O3. The third-order valence-corrected chi connectivity index (χ3v) is 7.15. The molecule has 0 aliphatic carbocycles. The number of tetrazole rings is 1. The lowest BCUT2D eigenvalue weighted by molar-refractivity contribution is -0.136. The molecule has 2 aromatic heterocycles. The maximum absolute atomic E-state index is 13.7. The molecule has 11 heteroatoms. The van der Waals surface area contributed by atoms with Crippen LogP contribution in [0.25, 0.3) is 11.8 Å². The van der Waals surface area contributed by atoms with Crippen molar-refractivity contribution in [2.45, 2.75) is 25.8 Å². The van der Waals surface area contributed by atoms with Crippen molar-refractivity contribution in [1.29, 1.82) is 0 Å². The van der Waals surface area contributed by atoms with Crippen LogP contribution < -0.4 is 0 Å². The Labute approximate surface area is 237 Å². The van der Waals surface area contributed by atoms with Gasteiger partial charge in [-0.15, -0.1) is 5.10 Å². The summed E-state index contributed by atoms with van der Waals surface area (Å²) in [4.78, 5) is 45.0. The quantitative estimate of drug-likeness (QED) is 0.223. The van der Waals surface area contributed by atoms with E-state index in [-0.39, 0.29) is 23.9 Å². The average molecular weight is 606 g/mol. The maximum atomic E-state index is 13.7. The van der Waals surface area contributed by atoms with Crippen LogP contribution >= 0.6 is 27.5 Å². The summed E-state index contributed by atoms with van der Waals surface area (Å²) in [6, 6.07) is 13.2. The molecule has 2 aromatic carbocycles. The van der Waals surface area contributed by atoms with E-state index in [2.05, 4.69) is 36.4 Å². The highest BCUT2D eigenvalue weighted by Crippen LogP contribution is 2.33. The lowest BCUT2D eigenvalue weighted by atomic mass is 9.90. The summed E-state index contributed by atoms with van der Waals surface area (Å²) in [6.45, 7) is 1.83. The first kappa shape index (κ1) is 26.6. The van der Waals surface area contributed by atoms with Crippen molar-refractivity contribution in [3.8, 4) is 5.69 Å². The third-order valence-electron chi connectivity index (χ3n) is 6.48. The van der Waals surface area contributed by atoms with E-state index >= 15 is 0 Å². The molecule has 196 valence electrons. The zero-order chi connectivity index (χ0) is 27.5. The molecule has 1 unspecified atom stereocenters.